The summed E-state index contributed by atoms with van der Waals surface area (Å²) in [5.74, 6) is 2.34. The number of halogens is 2. The number of rotatable bonds is 5. The lowest BCUT2D eigenvalue weighted by molar-refractivity contribution is 0.366. The number of aromatic nitrogens is 2. The van der Waals surface area contributed by atoms with Crippen LogP contribution in [0.25, 0.3) is 0 Å². The SMILES string of the molecule is CCNC(=NCc1cccc(O)c1)N1CCN(c2ncc(Br)c(OC)n2)CC1.I. The maximum absolute atomic E-state index is 9.62. The molecule has 1 aliphatic heterocycles. The van der Waals surface area contributed by atoms with Crippen LogP contribution in [-0.2, 0) is 6.54 Å². The van der Waals surface area contributed by atoms with E-state index in [9.17, 15) is 5.11 Å². The van der Waals surface area contributed by atoms with Gasteiger partial charge in [0, 0.05) is 32.7 Å². The molecule has 158 valence electrons. The number of phenolic OH excluding ortho intramolecular Hbond substituents is 1. The normalized spacial score (nSPS) is 14.4. The fraction of sp³-hybridized carbons (Fsp3) is 0.421. The standard InChI is InChI=1S/C19H25BrN6O2.HI/c1-3-21-18(22-12-14-5-4-6-15(27)11-14)25-7-9-26(10-8-25)19-23-13-16(20)17(24-19)28-2;/h4-6,11,13,27H,3,7-10,12H2,1-2H3,(H,21,22);1H. The third-order valence-corrected chi connectivity index (χ3v) is 4.96. The van der Waals surface area contributed by atoms with Crippen LogP contribution < -0.4 is 15.0 Å². The summed E-state index contributed by atoms with van der Waals surface area (Å²) in [6.45, 7) is 6.59. The molecule has 2 N–H and O–H groups in total. The fourth-order valence-electron chi connectivity index (χ4n) is 3.00. The molecule has 1 aromatic carbocycles. The zero-order valence-electron chi connectivity index (χ0n) is 16.5. The first-order chi connectivity index (χ1) is 13.6. The van der Waals surface area contributed by atoms with Crippen molar-refractivity contribution in [2.75, 3.05) is 44.7 Å². The minimum atomic E-state index is 0. The lowest BCUT2D eigenvalue weighted by atomic mass is 10.2. The second kappa shape index (κ2) is 11.4. The van der Waals surface area contributed by atoms with Crippen LogP contribution in [0.2, 0.25) is 0 Å². The van der Waals surface area contributed by atoms with E-state index in [0.717, 1.165) is 48.7 Å². The van der Waals surface area contributed by atoms with Crippen LogP contribution in [0.15, 0.2) is 39.9 Å². The molecule has 0 saturated carbocycles. The van der Waals surface area contributed by atoms with E-state index in [1.165, 1.54) is 0 Å². The highest BCUT2D eigenvalue weighted by Gasteiger charge is 2.22. The van der Waals surface area contributed by atoms with Gasteiger partial charge in [-0.15, -0.1) is 24.0 Å². The first-order valence-corrected chi connectivity index (χ1v) is 10.0. The fourth-order valence-corrected chi connectivity index (χ4v) is 3.36. The van der Waals surface area contributed by atoms with Crippen molar-refractivity contribution in [2.24, 2.45) is 4.99 Å². The molecule has 1 aliphatic rings. The lowest BCUT2D eigenvalue weighted by Crippen LogP contribution is -2.53. The van der Waals surface area contributed by atoms with Crippen molar-refractivity contribution >= 4 is 51.8 Å². The number of hydrogen-bond donors (Lipinski definition) is 2. The second-order valence-electron chi connectivity index (χ2n) is 6.34. The number of methoxy groups -OCH3 is 1. The molecule has 3 rings (SSSR count). The van der Waals surface area contributed by atoms with Gasteiger partial charge in [0.05, 0.1) is 24.3 Å². The number of guanidine groups is 1. The number of ether oxygens (including phenoxy) is 1. The van der Waals surface area contributed by atoms with Crippen molar-refractivity contribution in [3.05, 3.63) is 40.5 Å². The average Bonchev–Trinajstić information content (AvgIpc) is 2.72. The number of phenols is 1. The molecule has 0 unspecified atom stereocenters. The van der Waals surface area contributed by atoms with Gasteiger partial charge in [0.25, 0.3) is 0 Å². The molecule has 0 radical (unpaired) electrons. The Morgan fingerprint density at radius 2 is 2.07 bits per heavy atom. The van der Waals surface area contributed by atoms with Gasteiger partial charge in [-0.2, -0.15) is 4.98 Å². The molecule has 2 aromatic rings. The van der Waals surface area contributed by atoms with E-state index in [1.807, 2.05) is 12.1 Å². The molecule has 10 heteroatoms. The zero-order valence-corrected chi connectivity index (χ0v) is 20.4. The number of nitrogens with one attached hydrogen (secondary N) is 1. The van der Waals surface area contributed by atoms with Gasteiger partial charge < -0.3 is 25.0 Å². The average molecular weight is 577 g/mol. The monoisotopic (exact) mass is 576 g/mol. The van der Waals surface area contributed by atoms with Crippen molar-refractivity contribution in [3.63, 3.8) is 0 Å². The lowest BCUT2D eigenvalue weighted by Gasteiger charge is -2.36. The van der Waals surface area contributed by atoms with Gasteiger partial charge in [-0.1, -0.05) is 12.1 Å². The summed E-state index contributed by atoms with van der Waals surface area (Å²) in [7, 11) is 1.60. The molecule has 29 heavy (non-hydrogen) atoms. The summed E-state index contributed by atoms with van der Waals surface area (Å²) in [5.41, 5.74) is 0.976. The van der Waals surface area contributed by atoms with Gasteiger partial charge in [0.15, 0.2) is 5.96 Å². The molecule has 0 bridgehead atoms. The molecule has 1 fully saturated rings. The van der Waals surface area contributed by atoms with Crippen LogP contribution in [0, 0.1) is 0 Å². The van der Waals surface area contributed by atoms with Gasteiger partial charge >= 0.3 is 0 Å². The highest BCUT2D eigenvalue weighted by atomic mass is 127. The highest BCUT2D eigenvalue weighted by Crippen LogP contribution is 2.24. The second-order valence-corrected chi connectivity index (χ2v) is 7.20. The topological polar surface area (TPSA) is 86.1 Å². The number of aromatic hydroxyl groups is 1. The Bertz CT molecular complexity index is 830. The van der Waals surface area contributed by atoms with Crippen LogP contribution in [0.1, 0.15) is 12.5 Å². The maximum Gasteiger partial charge on any atom is 0.232 e. The third kappa shape index (κ3) is 6.33. The Morgan fingerprint density at radius 3 is 2.72 bits per heavy atom. The van der Waals surface area contributed by atoms with Crippen molar-refractivity contribution in [3.8, 4) is 11.6 Å². The van der Waals surface area contributed by atoms with Crippen LogP contribution in [0.4, 0.5) is 5.95 Å². The summed E-state index contributed by atoms with van der Waals surface area (Å²) in [4.78, 5) is 18.0. The first kappa shape index (κ1) is 23.5. The van der Waals surface area contributed by atoms with E-state index in [-0.39, 0.29) is 29.7 Å². The van der Waals surface area contributed by atoms with Crippen LogP contribution in [0.5, 0.6) is 11.6 Å². The van der Waals surface area contributed by atoms with Gasteiger partial charge in [0.1, 0.15) is 5.75 Å². The molecule has 2 heterocycles. The quantitative estimate of drug-likeness (QED) is 0.322. The number of anilines is 1. The summed E-state index contributed by atoms with van der Waals surface area (Å²) >= 11 is 3.38. The largest absolute Gasteiger partial charge is 0.508 e. The molecule has 0 atom stereocenters. The van der Waals surface area contributed by atoms with E-state index in [2.05, 4.69) is 47.9 Å². The van der Waals surface area contributed by atoms with Crippen LogP contribution >= 0.6 is 39.9 Å². The summed E-state index contributed by atoms with van der Waals surface area (Å²) in [5, 5.41) is 13.0. The smallest absolute Gasteiger partial charge is 0.232 e. The third-order valence-electron chi connectivity index (χ3n) is 4.41. The van der Waals surface area contributed by atoms with Gasteiger partial charge in [-0.3, -0.25) is 0 Å². The van der Waals surface area contributed by atoms with E-state index >= 15 is 0 Å². The van der Waals surface area contributed by atoms with Crippen molar-refractivity contribution in [1.82, 2.24) is 20.2 Å². The molecule has 8 nitrogen and oxygen atoms in total. The summed E-state index contributed by atoms with van der Waals surface area (Å²) < 4.78 is 6.01. The number of nitrogens with zero attached hydrogens (tertiary/aromatic N) is 5. The van der Waals surface area contributed by atoms with E-state index in [0.29, 0.717) is 18.4 Å². The first-order valence-electron chi connectivity index (χ1n) is 9.23. The summed E-state index contributed by atoms with van der Waals surface area (Å²) in [6.07, 6.45) is 1.72. The minimum absolute atomic E-state index is 0. The number of aliphatic imine (C=N–C) groups is 1. The molecule has 0 aliphatic carbocycles. The number of piperazine rings is 1. The Balaban J connectivity index is 0.00000300. The zero-order chi connectivity index (χ0) is 19.9. The van der Waals surface area contributed by atoms with Gasteiger partial charge in [-0.05, 0) is 40.5 Å². The van der Waals surface area contributed by atoms with E-state index in [1.54, 1.807) is 25.4 Å². The van der Waals surface area contributed by atoms with Crippen molar-refractivity contribution in [1.29, 1.82) is 0 Å². The van der Waals surface area contributed by atoms with Gasteiger partial charge in [0.2, 0.25) is 11.8 Å². The van der Waals surface area contributed by atoms with Crippen LogP contribution in [0.3, 0.4) is 0 Å². The Hall–Kier alpha value is -1.82. The molecular weight excluding hydrogens is 551 g/mol. The van der Waals surface area contributed by atoms with Crippen molar-refractivity contribution < 1.29 is 9.84 Å². The van der Waals surface area contributed by atoms with E-state index in [4.69, 9.17) is 9.73 Å². The number of hydrogen-bond acceptors (Lipinski definition) is 6. The minimum Gasteiger partial charge on any atom is -0.508 e. The Kier molecular flexibility index (Phi) is 9.21. The molecule has 1 aromatic heterocycles. The predicted molar refractivity (Wildman–Crippen MR) is 128 cm³/mol. The van der Waals surface area contributed by atoms with Crippen molar-refractivity contribution in [2.45, 2.75) is 13.5 Å². The van der Waals surface area contributed by atoms with E-state index < -0.39 is 0 Å². The molecule has 0 amide bonds. The number of benzene rings is 1. The Morgan fingerprint density at radius 1 is 1.31 bits per heavy atom. The molecular formula is C19H26BrIN6O2. The highest BCUT2D eigenvalue weighted by molar-refractivity contribution is 14.0. The van der Waals surface area contributed by atoms with Gasteiger partial charge in [-0.25, -0.2) is 9.98 Å². The van der Waals surface area contributed by atoms with Crippen LogP contribution in [-0.4, -0.2) is 65.8 Å². The summed E-state index contributed by atoms with van der Waals surface area (Å²) in [6, 6.07) is 7.20. The Labute approximate surface area is 196 Å². The molecule has 0 spiro atoms. The maximum atomic E-state index is 9.62. The predicted octanol–water partition coefficient (Wildman–Crippen LogP) is 2.86. The molecule has 1 saturated heterocycles.